The molecule has 1 aliphatic carbocycles. The van der Waals surface area contributed by atoms with Crippen LogP contribution in [0, 0.1) is 0 Å². The van der Waals surface area contributed by atoms with Crippen molar-refractivity contribution in [2.75, 3.05) is 14.2 Å². The van der Waals surface area contributed by atoms with Crippen molar-refractivity contribution < 1.29 is 14.3 Å². The summed E-state index contributed by atoms with van der Waals surface area (Å²) in [6.45, 7) is 0. The molecule has 116 valence electrons. The molecule has 0 bridgehead atoms. The van der Waals surface area contributed by atoms with Crippen LogP contribution in [0.2, 0.25) is 0 Å². The van der Waals surface area contributed by atoms with Gasteiger partial charge >= 0.3 is 0 Å². The maximum atomic E-state index is 12.3. The van der Waals surface area contributed by atoms with Crippen LogP contribution in [0.5, 0.6) is 11.5 Å². The van der Waals surface area contributed by atoms with Crippen LogP contribution in [0.4, 0.5) is 0 Å². The van der Waals surface area contributed by atoms with Crippen molar-refractivity contribution in [2.45, 2.75) is 6.42 Å². The first-order chi connectivity index (χ1) is 11.2. The van der Waals surface area contributed by atoms with Crippen LogP contribution in [0.25, 0.3) is 12.2 Å². The van der Waals surface area contributed by atoms with Crippen molar-refractivity contribution in [3.05, 3.63) is 70.8 Å². The van der Waals surface area contributed by atoms with Crippen LogP contribution in [-0.4, -0.2) is 20.0 Å². The Kier molecular flexibility index (Phi) is 4.29. The summed E-state index contributed by atoms with van der Waals surface area (Å²) in [5.41, 5.74) is 3.61. The van der Waals surface area contributed by atoms with Crippen molar-refractivity contribution in [3.63, 3.8) is 0 Å². The second-order valence-corrected chi connectivity index (χ2v) is 5.40. The maximum absolute atomic E-state index is 12.3. The first kappa shape index (κ1) is 15.1. The first-order valence-corrected chi connectivity index (χ1v) is 7.43. The van der Waals surface area contributed by atoms with E-state index < -0.39 is 0 Å². The summed E-state index contributed by atoms with van der Waals surface area (Å²) in [4.78, 5) is 12.3. The molecule has 1 fully saturated rings. The Morgan fingerprint density at radius 2 is 1.30 bits per heavy atom. The van der Waals surface area contributed by atoms with Gasteiger partial charge in [-0.1, -0.05) is 24.3 Å². The molecule has 3 nitrogen and oxygen atoms in total. The van der Waals surface area contributed by atoms with E-state index in [0.717, 1.165) is 33.8 Å². The lowest BCUT2D eigenvalue weighted by Gasteiger charge is -2.20. The van der Waals surface area contributed by atoms with E-state index >= 15 is 0 Å². The normalized spacial score (nSPS) is 17.2. The number of rotatable bonds is 4. The molecule has 0 aromatic heterocycles. The lowest BCUT2D eigenvalue weighted by Crippen LogP contribution is -2.18. The highest BCUT2D eigenvalue weighted by Gasteiger charge is 2.27. The van der Waals surface area contributed by atoms with Crippen molar-refractivity contribution in [1.82, 2.24) is 0 Å². The van der Waals surface area contributed by atoms with E-state index in [-0.39, 0.29) is 5.78 Å². The second kappa shape index (κ2) is 6.53. The van der Waals surface area contributed by atoms with Gasteiger partial charge in [-0.3, -0.25) is 4.79 Å². The Bertz CT molecular complexity index is 735. The fourth-order valence-electron chi connectivity index (χ4n) is 2.56. The molecule has 3 rings (SSSR count). The number of ketones is 1. The summed E-state index contributed by atoms with van der Waals surface area (Å²) < 4.78 is 10.4. The van der Waals surface area contributed by atoms with Gasteiger partial charge in [0.05, 0.1) is 14.2 Å². The smallest absolute Gasteiger partial charge is 0.185 e. The zero-order valence-electron chi connectivity index (χ0n) is 13.2. The Hall–Kier alpha value is -2.81. The highest BCUT2D eigenvalue weighted by molar-refractivity contribution is 6.20. The highest BCUT2D eigenvalue weighted by atomic mass is 16.5. The second-order valence-electron chi connectivity index (χ2n) is 5.40. The number of methoxy groups -OCH3 is 2. The van der Waals surface area contributed by atoms with E-state index in [0.29, 0.717) is 6.42 Å². The number of allylic oxidation sites excluding steroid dienone is 2. The average molecular weight is 306 g/mol. The standard InChI is InChI=1S/C20H18O3/c1-22-18-7-3-5-14(11-18)9-16-13-17(20(16)21)10-15-6-4-8-19(12-15)23-2/h3-12H,13H2,1-2H3/b16-9+,17-10+. The van der Waals surface area contributed by atoms with E-state index in [1.54, 1.807) is 14.2 Å². The van der Waals surface area contributed by atoms with Gasteiger partial charge in [0.25, 0.3) is 0 Å². The van der Waals surface area contributed by atoms with Crippen LogP contribution < -0.4 is 9.47 Å². The van der Waals surface area contributed by atoms with Gasteiger partial charge in [0, 0.05) is 17.6 Å². The van der Waals surface area contributed by atoms with E-state index in [2.05, 4.69) is 0 Å². The zero-order valence-corrected chi connectivity index (χ0v) is 13.2. The Morgan fingerprint density at radius 3 is 1.70 bits per heavy atom. The SMILES string of the molecule is COc1cccc(/C=C2\C/C(=C\c3cccc(OC)c3)C2=O)c1. The molecule has 1 aliphatic rings. The van der Waals surface area contributed by atoms with Gasteiger partial charge in [0.2, 0.25) is 0 Å². The molecular weight excluding hydrogens is 288 g/mol. The van der Waals surface area contributed by atoms with Gasteiger partial charge in [0.1, 0.15) is 11.5 Å². The molecule has 0 amide bonds. The van der Waals surface area contributed by atoms with E-state index in [9.17, 15) is 4.79 Å². The third-order valence-electron chi connectivity index (χ3n) is 3.83. The minimum atomic E-state index is 0.107. The Morgan fingerprint density at radius 1 is 0.826 bits per heavy atom. The van der Waals surface area contributed by atoms with Crippen molar-refractivity contribution in [2.24, 2.45) is 0 Å². The number of carbonyl (C=O) groups excluding carboxylic acids is 1. The van der Waals surface area contributed by atoms with Crippen molar-refractivity contribution in [3.8, 4) is 11.5 Å². The Balaban J connectivity index is 1.77. The average Bonchev–Trinajstić information content (AvgIpc) is 2.60. The quantitative estimate of drug-likeness (QED) is 0.796. The van der Waals surface area contributed by atoms with Gasteiger partial charge < -0.3 is 9.47 Å². The van der Waals surface area contributed by atoms with Gasteiger partial charge in [-0.2, -0.15) is 0 Å². The van der Waals surface area contributed by atoms with Crippen molar-refractivity contribution in [1.29, 1.82) is 0 Å². The number of carbonyl (C=O) groups is 1. The monoisotopic (exact) mass is 306 g/mol. The molecule has 2 aromatic carbocycles. The zero-order chi connectivity index (χ0) is 16.2. The molecule has 0 unspecified atom stereocenters. The number of benzene rings is 2. The first-order valence-electron chi connectivity index (χ1n) is 7.43. The van der Waals surface area contributed by atoms with Gasteiger partial charge in [-0.25, -0.2) is 0 Å². The number of Topliss-reactive ketones (excluding diaryl/α,β-unsaturated/α-hetero) is 1. The fourth-order valence-corrected chi connectivity index (χ4v) is 2.56. The molecular formula is C20H18O3. The van der Waals surface area contributed by atoms with Crippen LogP contribution in [-0.2, 0) is 4.79 Å². The fraction of sp³-hybridized carbons (Fsp3) is 0.150. The Labute approximate surface area is 135 Å². The minimum absolute atomic E-state index is 0.107. The lowest BCUT2D eigenvalue weighted by molar-refractivity contribution is -0.114. The molecule has 3 heteroatoms. The van der Waals surface area contributed by atoms with Crippen molar-refractivity contribution >= 4 is 17.9 Å². The van der Waals surface area contributed by atoms with E-state index in [1.165, 1.54) is 0 Å². The molecule has 0 heterocycles. The summed E-state index contributed by atoms with van der Waals surface area (Å²) in [7, 11) is 3.27. The number of ether oxygens (including phenoxy) is 2. The van der Waals surface area contributed by atoms with Crippen LogP contribution >= 0.6 is 0 Å². The largest absolute Gasteiger partial charge is 0.497 e. The summed E-state index contributed by atoms with van der Waals surface area (Å²) in [6.07, 6.45) is 4.54. The summed E-state index contributed by atoms with van der Waals surface area (Å²) in [5.74, 6) is 1.69. The lowest BCUT2D eigenvalue weighted by atomic mass is 9.82. The third kappa shape index (κ3) is 3.34. The predicted molar refractivity (Wildman–Crippen MR) is 91.6 cm³/mol. The predicted octanol–water partition coefficient (Wildman–Crippen LogP) is 4.14. The minimum Gasteiger partial charge on any atom is -0.497 e. The molecule has 0 N–H and O–H groups in total. The highest BCUT2D eigenvalue weighted by Crippen LogP contribution is 2.32. The molecule has 23 heavy (non-hydrogen) atoms. The van der Waals surface area contributed by atoms with Crippen LogP contribution in [0.15, 0.2) is 59.7 Å². The topological polar surface area (TPSA) is 35.5 Å². The maximum Gasteiger partial charge on any atom is 0.185 e. The number of hydrogen-bond acceptors (Lipinski definition) is 3. The number of hydrogen-bond donors (Lipinski definition) is 0. The molecule has 2 aromatic rings. The van der Waals surface area contributed by atoms with E-state index in [1.807, 2.05) is 60.7 Å². The van der Waals surface area contributed by atoms with E-state index in [4.69, 9.17) is 9.47 Å². The third-order valence-corrected chi connectivity index (χ3v) is 3.83. The molecule has 0 spiro atoms. The molecule has 1 saturated carbocycles. The van der Waals surface area contributed by atoms with Crippen LogP contribution in [0.1, 0.15) is 17.5 Å². The van der Waals surface area contributed by atoms with Gasteiger partial charge in [-0.05, 0) is 47.5 Å². The summed E-state index contributed by atoms with van der Waals surface area (Å²) in [6, 6.07) is 15.4. The molecule has 0 saturated heterocycles. The van der Waals surface area contributed by atoms with Crippen LogP contribution in [0.3, 0.4) is 0 Å². The summed E-state index contributed by atoms with van der Waals surface area (Å²) >= 11 is 0. The molecule has 0 aliphatic heterocycles. The molecule has 0 atom stereocenters. The van der Waals surface area contributed by atoms with Gasteiger partial charge in [0.15, 0.2) is 5.78 Å². The molecule has 0 radical (unpaired) electrons. The summed E-state index contributed by atoms with van der Waals surface area (Å²) in [5, 5.41) is 0. The van der Waals surface area contributed by atoms with Gasteiger partial charge in [-0.15, -0.1) is 0 Å².